The minimum atomic E-state index is 0.136. The molecule has 3 heteroatoms. The number of rotatable bonds is 10. The van der Waals surface area contributed by atoms with E-state index in [4.69, 9.17) is 9.47 Å². The first kappa shape index (κ1) is 19.2. The highest BCUT2D eigenvalue weighted by molar-refractivity contribution is 5.46. The Labute approximate surface area is 152 Å². The second-order valence-electron chi connectivity index (χ2n) is 6.33. The van der Waals surface area contributed by atoms with Crippen molar-refractivity contribution in [3.63, 3.8) is 0 Å². The molecule has 0 radical (unpaired) electrons. The molecule has 0 spiro atoms. The average molecular weight is 341 g/mol. The highest BCUT2D eigenvalue weighted by Gasteiger charge is 2.14. The van der Waals surface area contributed by atoms with Gasteiger partial charge in [0, 0.05) is 5.69 Å². The summed E-state index contributed by atoms with van der Waals surface area (Å²) >= 11 is 0. The van der Waals surface area contributed by atoms with Gasteiger partial charge in [0.2, 0.25) is 0 Å². The zero-order valence-electron chi connectivity index (χ0n) is 15.9. The largest absolute Gasteiger partial charge is 0.494 e. The fraction of sp³-hybridized carbons (Fsp3) is 0.455. The van der Waals surface area contributed by atoms with Gasteiger partial charge in [-0.2, -0.15) is 0 Å². The lowest BCUT2D eigenvalue weighted by molar-refractivity contribution is 0.207. The fourth-order valence-corrected chi connectivity index (χ4v) is 2.73. The van der Waals surface area contributed by atoms with Gasteiger partial charge in [0.1, 0.15) is 17.6 Å². The molecule has 0 fully saturated rings. The third-order valence-electron chi connectivity index (χ3n) is 4.51. The van der Waals surface area contributed by atoms with E-state index in [1.165, 1.54) is 5.56 Å². The highest BCUT2D eigenvalue weighted by atomic mass is 16.5. The van der Waals surface area contributed by atoms with E-state index < -0.39 is 0 Å². The topological polar surface area (TPSA) is 30.5 Å². The van der Waals surface area contributed by atoms with Crippen molar-refractivity contribution in [2.75, 3.05) is 18.5 Å². The molecule has 136 valence electrons. The molecule has 0 unspecified atom stereocenters. The van der Waals surface area contributed by atoms with Crippen LogP contribution in [0.3, 0.4) is 0 Å². The first-order valence-electron chi connectivity index (χ1n) is 9.40. The molecule has 0 heterocycles. The summed E-state index contributed by atoms with van der Waals surface area (Å²) in [5.74, 6) is 2.42. The van der Waals surface area contributed by atoms with Crippen LogP contribution in [-0.4, -0.2) is 19.3 Å². The first-order valence-corrected chi connectivity index (χ1v) is 9.40. The Bertz CT molecular complexity index is 624. The Morgan fingerprint density at radius 3 is 2.28 bits per heavy atom. The highest BCUT2D eigenvalue weighted by Crippen LogP contribution is 2.29. The predicted octanol–water partition coefficient (Wildman–Crippen LogP) is 5.87. The number of hydrogen-bond acceptors (Lipinski definition) is 3. The van der Waals surface area contributed by atoms with E-state index in [0.29, 0.717) is 12.5 Å². The molecule has 0 saturated carbocycles. The van der Waals surface area contributed by atoms with Gasteiger partial charge in [-0.1, -0.05) is 39.0 Å². The number of para-hydroxylation sites is 1. The van der Waals surface area contributed by atoms with Crippen molar-refractivity contribution in [1.82, 2.24) is 0 Å². The smallest absolute Gasteiger partial charge is 0.123 e. The maximum Gasteiger partial charge on any atom is 0.123 e. The van der Waals surface area contributed by atoms with Crippen LogP contribution in [0.15, 0.2) is 48.5 Å². The zero-order valence-corrected chi connectivity index (χ0v) is 15.9. The van der Waals surface area contributed by atoms with E-state index in [2.05, 4.69) is 44.3 Å². The van der Waals surface area contributed by atoms with Crippen LogP contribution >= 0.6 is 0 Å². The third-order valence-corrected chi connectivity index (χ3v) is 4.51. The summed E-state index contributed by atoms with van der Waals surface area (Å²) in [6, 6.07) is 16.5. The Hall–Kier alpha value is -2.16. The van der Waals surface area contributed by atoms with Crippen LogP contribution in [0.2, 0.25) is 0 Å². The predicted molar refractivity (Wildman–Crippen MR) is 106 cm³/mol. The van der Waals surface area contributed by atoms with Crippen LogP contribution in [-0.2, 0) is 0 Å². The maximum absolute atomic E-state index is 6.31. The van der Waals surface area contributed by atoms with E-state index in [1.54, 1.807) is 0 Å². The molecule has 0 aliphatic heterocycles. The van der Waals surface area contributed by atoms with Crippen molar-refractivity contribution in [3.8, 4) is 11.5 Å². The molecule has 2 aromatic rings. The SMILES string of the molecule is CCOc1ccc(NC[C@H](CC)Oc2ccccc2[C@@H](C)CC)cc1. The van der Waals surface area contributed by atoms with Crippen LogP contribution in [0.1, 0.15) is 52.0 Å². The third kappa shape index (κ3) is 5.70. The minimum Gasteiger partial charge on any atom is -0.494 e. The molecule has 0 aliphatic rings. The van der Waals surface area contributed by atoms with Gasteiger partial charge in [-0.3, -0.25) is 0 Å². The summed E-state index contributed by atoms with van der Waals surface area (Å²) < 4.78 is 11.8. The van der Waals surface area contributed by atoms with Crippen LogP contribution < -0.4 is 14.8 Å². The lowest BCUT2D eigenvalue weighted by Gasteiger charge is -2.22. The first-order chi connectivity index (χ1) is 12.2. The number of benzene rings is 2. The van der Waals surface area contributed by atoms with E-state index in [9.17, 15) is 0 Å². The normalized spacial score (nSPS) is 13.1. The minimum absolute atomic E-state index is 0.136. The lowest BCUT2D eigenvalue weighted by Crippen LogP contribution is -2.26. The standard InChI is InChI=1S/C22H31NO2/c1-5-17(4)21-10-8-9-11-22(21)25-19(6-2)16-23-18-12-14-20(15-13-18)24-7-3/h8-15,17,19,23H,5-7,16H2,1-4H3/t17-,19-/m0/s1. The second kappa shape index (κ2) is 9.97. The molecule has 2 atom stereocenters. The lowest BCUT2D eigenvalue weighted by atomic mass is 9.98. The van der Waals surface area contributed by atoms with Gasteiger partial charge < -0.3 is 14.8 Å². The second-order valence-corrected chi connectivity index (χ2v) is 6.33. The number of hydrogen-bond donors (Lipinski definition) is 1. The van der Waals surface area contributed by atoms with Crippen molar-refractivity contribution in [2.45, 2.75) is 52.6 Å². The Morgan fingerprint density at radius 2 is 1.64 bits per heavy atom. The van der Waals surface area contributed by atoms with Crippen LogP contribution in [0.5, 0.6) is 11.5 Å². The van der Waals surface area contributed by atoms with Crippen LogP contribution in [0.25, 0.3) is 0 Å². The van der Waals surface area contributed by atoms with Gasteiger partial charge >= 0.3 is 0 Å². The van der Waals surface area contributed by atoms with Crippen molar-refractivity contribution < 1.29 is 9.47 Å². The molecule has 0 bridgehead atoms. The summed E-state index contributed by atoms with van der Waals surface area (Å²) in [4.78, 5) is 0. The summed E-state index contributed by atoms with van der Waals surface area (Å²) in [6.07, 6.45) is 2.21. The Kier molecular flexibility index (Phi) is 7.65. The molecule has 0 saturated heterocycles. The van der Waals surface area contributed by atoms with E-state index in [-0.39, 0.29) is 6.10 Å². The number of anilines is 1. The van der Waals surface area contributed by atoms with E-state index in [0.717, 1.165) is 36.6 Å². The van der Waals surface area contributed by atoms with Gasteiger partial charge in [-0.05, 0) is 61.6 Å². The molecule has 2 aromatic carbocycles. The van der Waals surface area contributed by atoms with Crippen molar-refractivity contribution >= 4 is 5.69 Å². The molecular formula is C22H31NO2. The summed E-state index contributed by atoms with van der Waals surface area (Å²) in [5.41, 5.74) is 2.38. The van der Waals surface area contributed by atoms with Crippen LogP contribution in [0.4, 0.5) is 5.69 Å². The molecule has 2 rings (SSSR count). The average Bonchev–Trinajstić information content (AvgIpc) is 2.66. The van der Waals surface area contributed by atoms with Crippen molar-refractivity contribution in [2.24, 2.45) is 0 Å². The molecule has 3 nitrogen and oxygen atoms in total. The molecule has 0 aliphatic carbocycles. The van der Waals surface area contributed by atoms with Gasteiger partial charge in [0.15, 0.2) is 0 Å². The Balaban J connectivity index is 1.96. The van der Waals surface area contributed by atoms with Gasteiger partial charge in [0.05, 0.1) is 13.2 Å². The monoisotopic (exact) mass is 341 g/mol. The quantitative estimate of drug-likeness (QED) is 0.586. The molecule has 25 heavy (non-hydrogen) atoms. The number of ether oxygens (including phenoxy) is 2. The molecule has 1 N–H and O–H groups in total. The molecular weight excluding hydrogens is 310 g/mol. The van der Waals surface area contributed by atoms with E-state index in [1.807, 2.05) is 37.3 Å². The van der Waals surface area contributed by atoms with Gasteiger partial charge in [-0.25, -0.2) is 0 Å². The Morgan fingerprint density at radius 1 is 0.920 bits per heavy atom. The van der Waals surface area contributed by atoms with E-state index >= 15 is 0 Å². The maximum atomic E-state index is 6.31. The van der Waals surface area contributed by atoms with Crippen molar-refractivity contribution in [3.05, 3.63) is 54.1 Å². The summed E-state index contributed by atoms with van der Waals surface area (Å²) in [7, 11) is 0. The zero-order chi connectivity index (χ0) is 18.1. The molecule has 0 aromatic heterocycles. The van der Waals surface area contributed by atoms with Crippen LogP contribution in [0, 0.1) is 0 Å². The summed E-state index contributed by atoms with van der Waals surface area (Å²) in [5, 5.41) is 3.47. The fourth-order valence-electron chi connectivity index (χ4n) is 2.73. The van der Waals surface area contributed by atoms with Crippen molar-refractivity contribution in [1.29, 1.82) is 0 Å². The summed E-state index contributed by atoms with van der Waals surface area (Å²) in [6.45, 7) is 10.1. The van der Waals surface area contributed by atoms with Gasteiger partial charge in [0.25, 0.3) is 0 Å². The number of nitrogens with one attached hydrogen (secondary N) is 1. The van der Waals surface area contributed by atoms with Gasteiger partial charge in [-0.15, -0.1) is 0 Å². The molecule has 0 amide bonds.